The van der Waals surface area contributed by atoms with Crippen LogP contribution in [0.4, 0.5) is 0 Å². The minimum absolute atomic E-state index is 0.160. The molecule has 74 valence electrons. The number of carbonyl (C=O) groups excluding carboxylic acids is 1. The number of phenols is 1. The number of pyridine rings is 1. The lowest BCUT2D eigenvalue weighted by molar-refractivity contribution is 0.111. The lowest BCUT2D eigenvalue weighted by atomic mass is 10.1. The van der Waals surface area contributed by atoms with Crippen LogP contribution in [0.1, 0.15) is 10.5 Å². The molecule has 2 aromatic rings. The largest absolute Gasteiger partial charge is 0.507 e. The maximum Gasteiger partial charge on any atom is 0.168 e. The van der Waals surface area contributed by atoms with Gasteiger partial charge in [0.15, 0.2) is 6.29 Å². The van der Waals surface area contributed by atoms with Crippen LogP contribution in [0.2, 0.25) is 0 Å². The molecule has 0 radical (unpaired) electrons. The first kappa shape index (κ1) is 9.40. The van der Waals surface area contributed by atoms with E-state index in [-0.39, 0.29) is 5.75 Å². The molecule has 0 aliphatic rings. The number of benzene rings is 1. The molecule has 0 saturated heterocycles. The monoisotopic (exact) mass is 199 g/mol. The van der Waals surface area contributed by atoms with Crippen LogP contribution < -0.4 is 0 Å². The smallest absolute Gasteiger partial charge is 0.168 e. The lowest BCUT2D eigenvalue weighted by Gasteiger charge is -2.03. The number of hydrogen-bond acceptors (Lipinski definition) is 3. The maximum absolute atomic E-state index is 10.5. The van der Waals surface area contributed by atoms with Crippen molar-refractivity contribution >= 4 is 6.29 Å². The third kappa shape index (κ3) is 1.86. The fourth-order valence-electron chi connectivity index (χ4n) is 1.36. The SMILES string of the molecule is O=Cc1cccc(-c2ccccc2O)n1. The van der Waals surface area contributed by atoms with Gasteiger partial charge in [0, 0.05) is 5.56 Å². The van der Waals surface area contributed by atoms with Crippen molar-refractivity contribution in [3.63, 3.8) is 0 Å². The molecule has 0 amide bonds. The van der Waals surface area contributed by atoms with Gasteiger partial charge in [0.25, 0.3) is 0 Å². The molecule has 1 N–H and O–H groups in total. The molecule has 1 heterocycles. The van der Waals surface area contributed by atoms with Gasteiger partial charge in [-0.05, 0) is 24.3 Å². The Morgan fingerprint density at radius 2 is 1.87 bits per heavy atom. The Hall–Kier alpha value is -2.16. The quantitative estimate of drug-likeness (QED) is 0.755. The molecule has 15 heavy (non-hydrogen) atoms. The molecule has 1 aromatic carbocycles. The number of rotatable bonds is 2. The minimum Gasteiger partial charge on any atom is -0.507 e. The third-order valence-electron chi connectivity index (χ3n) is 2.07. The van der Waals surface area contributed by atoms with E-state index in [0.29, 0.717) is 23.2 Å². The van der Waals surface area contributed by atoms with Crippen molar-refractivity contribution in [3.05, 3.63) is 48.2 Å². The van der Waals surface area contributed by atoms with E-state index in [1.807, 2.05) is 6.07 Å². The molecule has 0 fully saturated rings. The van der Waals surface area contributed by atoms with Crippen molar-refractivity contribution in [3.8, 4) is 17.0 Å². The summed E-state index contributed by atoms with van der Waals surface area (Å²) in [5.41, 5.74) is 1.58. The highest BCUT2D eigenvalue weighted by atomic mass is 16.3. The Bertz CT molecular complexity index is 494. The second kappa shape index (κ2) is 3.92. The first-order valence-corrected chi connectivity index (χ1v) is 4.52. The van der Waals surface area contributed by atoms with Gasteiger partial charge in [0.2, 0.25) is 0 Å². The number of phenolic OH excluding ortho intramolecular Hbond substituents is 1. The van der Waals surface area contributed by atoms with Crippen LogP contribution in [0, 0.1) is 0 Å². The molecule has 1 aromatic heterocycles. The Morgan fingerprint density at radius 1 is 1.07 bits per heavy atom. The fraction of sp³-hybridized carbons (Fsp3) is 0. The summed E-state index contributed by atoms with van der Waals surface area (Å²) < 4.78 is 0. The number of para-hydroxylation sites is 1. The summed E-state index contributed by atoms with van der Waals surface area (Å²) in [6, 6.07) is 12.0. The number of nitrogens with zero attached hydrogens (tertiary/aromatic N) is 1. The first-order valence-electron chi connectivity index (χ1n) is 4.52. The fourth-order valence-corrected chi connectivity index (χ4v) is 1.36. The van der Waals surface area contributed by atoms with Gasteiger partial charge in [-0.25, -0.2) is 4.98 Å². The van der Waals surface area contributed by atoms with E-state index in [4.69, 9.17) is 0 Å². The van der Waals surface area contributed by atoms with Crippen molar-refractivity contribution in [1.82, 2.24) is 4.98 Å². The predicted molar refractivity (Wildman–Crippen MR) is 56.7 cm³/mol. The van der Waals surface area contributed by atoms with Gasteiger partial charge in [-0.1, -0.05) is 18.2 Å². The van der Waals surface area contributed by atoms with E-state index in [1.165, 1.54) is 0 Å². The minimum atomic E-state index is 0.160. The van der Waals surface area contributed by atoms with Crippen molar-refractivity contribution in [2.45, 2.75) is 0 Å². The molecule has 0 unspecified atom stereocenters. The summed E-state index contributed by atoms with van der Waals surface area (Å²) >= 11 is 0. The van der Waals surface area contributed by atoms with Gasteiger partial charge in [-0.15, -0.1) is 0 Å². The second-order valence-corrected chi connectivity index (χ2v) is 3.08. The molecular formula is C12H9NO2. The first-order chi connectivity index (χ1) is 7.31. The molecule has 0 saturated carbocycles. The third-order valence-corrected chi connectivity index (χ3v) is 2.07. The summed E-state index contributed by atoms with van der Waals surface area (Å²) in [5, 5.41) is 9.60. The number of hydrogen-bond donors (Lipinski definition) is 1. The van der Waals surface area contributed by atoms with Gasteiger partial charge < -0.3 is 5.11 Å². The van der Waals surface area contributed by atoms with Gasteiger partial charge in [-0.3, -0.25) is 4.79 Å². The molecule has 0 aliphatic carbocycles. The second-order valence-electron chi connectivity index (χ2n) is 3.08. The lowest BCUT2D eigenvalue weighted by Crippen LogP contribution is -1.89. The van der Waals surface area contributed by atoms with E-state index in [2.05, 4.69) is 4.98 Å². The van der Waals surface area contributed by atoms with Crippen LogP contribution in [0.5, 0.6) is 5.75 Å². The van der Waals surface area contributed by atoms with Gasteiger partial charge in [0.1, 0.15) is 11.4 Å². The van der Waals surface area contributed by atoms with Gasteiger partial charge >= 0.3 is 0 Å². The zero-order valence-electron chi connectivity index (χ0n) is 7.92. The summed E-state index contributed by atoms with van der Waals surface area (Å²) in [7, 11) is 0. The summed E-state index contributed by atoms with van der Waals surface area (Å²) in [5.74, 6) is 0.160. The van der Waals surface area contributed by atoms with Crippen LogP contribution in [-0.4, -0.2) is 16.4 Å². The van der Waals surface area contributed by atoms with Crippen molar-refractivity contribution < 1.29 is 9.90 Å². The van der Waals surface area contributed by atoms with Crippen molar-refractivity contribution in [1.29, 1.82) is 0 Å². The van der Waals surface area contributed by atoms with Gasteiger partial charge in [0.05, 0.1) is 5.69 Å². The zero-order chi connectivity index (χ0) is 10.7. The molecule has 3 heteroatoms. The maximum atomic E-state index is 10.5. The van der Waals surface area contributed by atoms with Crippen LogP contribution in [0.15, 0.2) is 42.5 Å². The van der Waals surface area contributed by atoms with Gasteiger partial charge in [-0.2, -0.15) is 0 Å². The molecule has 0 atom stereocenters. The number of aromatic nitrogens is 1. The summed E-state index contributed by atoms with van der Waals surface area (Å²) in [6.07, 6.45) is 0.684. The highest BCUT2D eigenvalue weighted by molar-refractivity contribution is 5.75. The molecule has 0 spiro atoms. The van der Waals surface area contributed by atoms with E-state index in [9.17, 15) is 9.90 Å². The standard InChI is InChI=1S/C12H9NO2/c14-8-9-4-3-6-11(13-9)10-5-1-2-7-12(10)15/h1-8,15H. The highest BCUT2D eigenvalue weighted by Gasteiger charge is 2.04. The average Bonchev–Trinajstić information content (AvgIpc) is 2.30. The average molecular weight is 199 g/mol. The zero-order valence-corrected chi connectivity index (χ0v) is 7.92. The summed E-state index contributed by atoms with van der Waals surface area (Å²) in [4.78, 5) is 14.6. The molecule has 0 aliphatic heterocycles. The van der Waals surface area contributed by atoms with Crippen LogP contribution in [0.3, 0.4) is 0 Å². The highest BCUT2D eigenvalue weighted by Crippen LogP contribution is 2.26. The molecule has 3 nitrogen and oxygen atoms in total. The van der Waals surface area contributed by atoms with Crippen LogP contribution in [0.25, 0.3) is 11.3 Å². The van der Waals surface area contributed by atoms with Crippen molar-refractivity contribution in [2.24, 2.45) is 0 Å². The summed E-state index contributed by atoms with van der Waals surface area (Å²) in [6.45, 7) is 0. The Morgan fingerprint density at radius 3 is 2.60 bits per heavy atom. The molecular weight excluding hydrogens is 190 g/mol. The van der Waals surface area contributed by atoms with E-state index >= 15 is 0 Å². The number of aromatic hydroxyl groups is 1. The van der Waals surface area contributed by atoms with Crippen LogP contribution >= 0.6 is 0 Å². The van der Waals surface area contributed by atoms with E-state index in [1.54, 1.807) is 36.4 Å². The predicted octanol–water partition coefficient (Wildman–Crippen LogP) is 2.27. The van der Waals surface area contributed by atoms with E-state index < -0.39 is 0 Å². The Balaban J connectivity index is 2.54. The Labute approximate surface area is 87.0 Å². The normalized spacial score (nSPS) is 9.87. The van der Waals surface area contributed by atoms with Crippen LogP contribution in [-0.2, 0) is 0 Å². The van der Waals surface area contributed by atoms with Crippen molar-refractivity contribution in [2.75, 3.05) is 0 Å². The topological polar surface area (TPSA) is 50.2 Å². The molecule has 0 bridgehead atoms. The Kier molecular flexibility index (Phi) is 2.46. The number of aldehydes is 1. The molecule has 2 rings (SSSR count). The van der Waals surface area contributed by atoms with E-state index in [0.717, 1.165) is 0 Å². The number of carbonyl (C=O) groups is 1.